The van der Waals surface area contributed by atoms with Crippen molar-refractivity contribution in [3.05, 3.63) is 29.6 Å². The first kappa shape index (κ1) is 7.74. The summed E-state index contributed by atoms with van der Waals surface area (Å²) in [6.45, 7) is 0.213. The molecule has 2 rings (SSSR count). The SMILES string of the molecule is OCCc1ccc(C2CC2)nc1. The normalized spacial score (nSPS) is 16.4. The standard InChI is InChI=1S/C10H13NO/c12-6-5-8-1-4-10(11-7-8)9-2-3-9/h1,4,7,9,12H,2-3,5-6H2. The van der Waals surface area contributed by atoms with Gasteiger partial charge in [0, 0.05) is 24.4 Å². The quantitative estimate of drug-likeness (QED) is 0.732. The highest BCUT2D eigenvalue weighted by atomic mass is 16.2. The van der Waals surface area contributed by atoms with Crippen LogP contribution in [0.15, 0.2) is 18.3 Å². The molecule has 0 saturated heterocycles. The van der Waals surface area contributed by atoms with E-state index in [1.54, 1.807) is 0 Å². The van der Waals surface area contributed by atoms with Crippen LogP contribution in [-0.2, 0) is 6.42 Å². The molecule has 0 radical (unpaired) electrons. The molecule has 0 amide bonds. The fourth-order valence-electron chi connectivity index (χ4n) is 1.33. The van der Waals surface area contributed by atoms with E-state index in [2.05, 4.69) is 17.1 Å². The molecular formula is C10H13NO. The summed E-state index contributed by atoms with van der Waals surface area (Å²) < 4.78 is 0. The molecule has 1 fully saturated rings. The van der Waals surface area contributed by atoms with Crippen molar-refractivity contribution in [2.75, 3.05) is 6.61 Å². The van der Waals surface area contributed by atoms with Crippen LogP contribution in [0.25, 0.3) is 0 Å². The molecule has 12 heavy (non-hydrogen) atoms. The predicted molar refractivity (Wildman–Crippen MR) is 47.0 cm³/mol. The maximum Gasteiger partial charge on any atom is 0.0472 e. The van der Waals surface area contributed by atoms with Crippen LogP contribution < -0.4 is 0 Å². The number of hydrogen-bond donors (Lipinski definition) is 1. The maximum atomic E-state index is 8.68. The Bertz CT molecular complexity index is 251. The molecular weight excluding hydrogens is 150 g/mol. The molecule has 1 aromatic rings. The Morgan fingerprint density at radius 2 is 2.25 bits per heavy atom. The molecule has 0 bridgehead atoms. The summed E-state index contributed by atoms with van der Waals surface area (Å²) >= 11 is 0. The second kappa shape index (κ2) is 3.23. The van der Waals surface area contributed by atoms with Crippen molar-refractivity contribution in [2.45, 2.75) is 25.2 Å². The Morgan fingerprint density at radius 3 is 2.75 bits per heavy atom. The highest BCUT2D eigenvalue weighted by Crippen LogP contribution is 2.38. The number of aliphatic hydroxyl groups excluding tert-OH is 1. The minimum Gasteiger partial charge on any atom is -0.396 e. The minimum absolute atomic E-state index is 0.213. The van der Waals surface area contributed by atoms with Crippen LogP contribution >= 0.6 is 0 Å². The summed E-state index contributed by atoms with van der Waals surface area (Å²) in [5.41, 5.74) is 2.35. The highest BCUT2D eigenvalue weighted by Gasteiger charge is 2.24. The maximum absolute atomic E-state index is 8.68. The Balaban J connectivity index is 2.08. The zero-order valence-corrected chi connectivity index (χ0v) is 7.03. The summed E-state index contributed by atoms with van der Waals surface area (Å²) in [6, 6.07) is 4.15. The van der Waals surface area contributed by atoms with E-state index < -0.39 is 0 Å². The molecule has 64 valence electrons. The first-order chi connectivity index (χ1) is 5.90. The van der Waals surface area contributed by atoms with Gasteiger partial charge in [-0.15, -0.1) is 0 Å². The largest absolute Gasteiger partial charge is 0.396 e. The van der Waals surface area contributed by atoms with Crippen molar-refractivity contribution in [3.8, 4) is 0 Å². The van der Waals surface area contributed by atoms with Gasteiger partial charge in [0.1, 0.15) is 0 Å². The van der Waals surface area contributed by atoms with E-state index in [1.807, 2.05) is 6.20 Å². The van der Waals surface area contributed by atoms with Gasteiger partial charge in [0.2, 0.25) is 0 Å². The van der Waals surface area contributed by atoms with Crippen molar-refractivity contribution >= 4 is 0 Å². The molecule has 1 aromatic heterocycles. The number of aromatic nitrogens is 1. The van der Waals surface area contributed by atoms with Gasteiger partial charge in [-0.25, -0.2) is 0 Å². The van der Waals surface area contributed by atoms with Gasteiger partial charge in [0.15, 0.2) is 0 Å². The molecule has 1 N–H and O–H groups in total. The summed E-state index contributed by atoms with van der Waals surface area (Å²) in [5, 5.41) is 8.68. The van der Waals surface area contributed by atoms with E-state index in [0.717, 1.165) is 17.9 Å². The third-order valence-corrected chi connectivity index (χ3v) is 2.24. The summed E-state index contributed by atoms with van der Waals surface area (Å²) in [7, 11) is 0. The first-order valence-corrected chi connectivity index (χ1v) is 4.46. The number of hydrogen-bond acceptors (Lipinski definition) is 2. The number of rotatable bonds is 3. The molecule has 0 unspecified atom stereocenters. The van der Waals surface area contributed by atoms with Gasteiger partial charge in [-0.05, 0) is 30.9 Å². The fourth-order valence-corrected chi connectivity index (χ4v) is 1.33. The molecule has 1 aliphatic rings. The Labute approximate surface area is 72.3 Å². The van der Waals surface area contributed by atoms with Crippen molar-refractivity contribution in [2.24, 2.45) is 0 Å². The zero-order chi connectivity index (χ0) is 8.39. The third kappa shape index (κ3) is 1.64. The van der Waals surface area contributed by atoms with Gasteiger partial charge in [-0.3, -0.25) is 4.98 Å². The van der Waals surface area contributed by atoms with Crippen LogP contribution in [0.3, 0.4) is 0 Å². The molecule has 2 heteroatoms. The smallest absolute Gasteiger partial charge is 0.0472 e. The molecule has 0 aromatic carbocycles. The molecule has 1 aliphatic carbocycles. The van der Waals surface area contributed by atoms with Crippen molar-refractivity contribution < 1.29 is 5.11 Å². The molecule has 2 nitrogen and oxygen atoms in total. The minimum atomic E-state index is 0.213. The van der Waals surface area contributed by atoms with Crippen LogP contribution in [0.1, 0.15) is 30.0 Å². The van der Waals surface area contributed by atoms with Crippen LogP contribution in [0.2, 0.25) is 0 Å². The lowest BCUT2D eigenvalue weighted by atomic mass is 10.2. The number of pyridine rings is 1. The molecule has 0 spiro atoms. The van der Waals surface area contributed by atoms with Gasteiger partial charge in [-0.1, -0.05) is 6.07 Å². The fraction of sp³-hybridized carbons (Fsp3) is 0.500. The molecule has 0 aliphatic heterocycles. The molecule has 1 saturated carbocycles. The Morgan fingerprint density at radius 1 is 1.42 bits per heavy atom. The summed E-state index contributed by atoms with van der Waals surface area (Å²) in [6.07, 6.45) is 5.19. The Kier molecular flexibility index (Phi) is 2.09. The van der Waals surface area contributed by atoms with E-state index in [0.29, 0.717) is 0 Å². The van der Waals surface area contributed by atoms with E-state index in [9.17, 15) is 0 Å². The number of aliphatic hydroxyl groups is 1. The number of nitrogens with zero attached hydrogens (tertiary/aromatic N) is 1. The molecule has 1 heterocycles. The third-order valence-electron chi connectivity index (χ3n) is 2.24. The average molecular weight is 163 g/mol. The zero-order valence-electron chi connectivity index (χ0n) is 7.03. The second-order valence-electron chi connectivity index (χ2n) is 3.34. The second-order valence-corrected chi connectivity index (χ2v) is 3.34. The lowest BCUT2D eigenvalue weighted by Crippen LogP contribution is -1.93. The van der Waals surface area contributed by atoms with Gasteiger partial charge >= 0.3 is 0 Å². The van der Waals surface area contributed by atoms with Gasteiger partial charge in [0.05, 0.1) is 0 Å². The lowest BCUT2D eigenvalue weighted by molar-refractivity contribution is 0.299. The van der Waals surface area contributed by atoms with Crippen molar-refractivity contribution in [3.63, 3.8) is 0 Å². The van der Waals surface area contributed by atoms with Gasteiger partial charge in [0.25, 0.3) is 0 Å². The highest BCUT2D eigenvalue weighted by molar-refractivity contribution is 5.19. The van der Waals surface area contributed by atoms with E-state index >= 15 is 0 Å². The van der Waals surface area contributed by atoms with E-state index in [1.165, 1.54) is 18.5 Å². The predicted octanol–water partition coefficient (Wildman–Crippen LogP) is 1.49. The van der Waals surface area contributed by atoms with E-state index in [4.69, 9.17) is 5.11 Å². The average Bonchev–Trinajstić information content (AvgIpc) is 2.89. The van der Waals surface area contributed by atoms with Crippen LogP contribution in [0.4, 0.5) is 0 Å². The summed E-state index contributed by atoms with van der Waals surface area (Å²) in [5.74, 6) is 0.730. The monoisotopic (exact) mass is 163 g/mol. The van der Waals surface area contributed by atoms with E-state index in [-0.39, 0.29) is 6.61 Å². The van der Waals surface area contributed by atoms with Gasteiger partial charge in [-0.2, -0.15) is 0 Å². The van der Waals surface area contributed by atoms with Crippen LogP contribution in [-0.4, -0.2) is 16.7 Å². The van der Waals surface area contributed by atoms with Crippen molar-refractivity contribution in [1.29, 1.82) is 0 Å². The Hall–Kier alpha value is -0.890. The molecule has 0 atom stereocenters. The van der Waals surface area contributed by atoms with Crippen LogP contribution in [0.5, 0.6) is 0 Å². The van der Waals surface area contributed by atoms with Crippen molar-refractivity contribution in [1.82, 2.24) is 4.98 Å². The van der Waals surface area contributed by atoms with Gasteiger partial charge < -0.3 is 5.11 Å². The first-order valence-electron chi connectivity index (χ1n) is 4.46. The topological polar surface area (TPSA) is 33.1 Å². The summed E-state index contributed by atoms with van der Waals surface area (Å²) in [4.78, 5) is 4.35. The van der Waals surface area contributed by atoms with Crippen LogP contribution in [0, 0.1) is 0 Å². The lowest BCUT2D eigenvalue weighted by Gasteiger charge is -1.99.